The van der Waals surface area contributed by atoms with E-state index < -0.39 is 0 Å². The maximum atomic E-state index is 13.4. The Kier molecular flexibility index (Phi) is 2.91. The second-order valence-corrected chi connectivity index (χ2v) is 6.24. The minimum absolute atomic E-state index is 0.242. The van der Waals surface area contributed by atoms with E-state index >= 15 is 0 Å². The number of hydrogen-bond acceptors (Lipinski definition) is 2. The van der Waals surface area contributed by atoms with Crippen LogP contribution in [0.15, 0.2) is 54.6 Å². The molecule has 2 heterocycles. The lowest BCUT2D eigenvalue weighted by molar-refractivity contribution is 0.630. The lowest BCUT2D eigenvalue weighted by Gasteiger charge is -2.02. The largest absolute Gasteiger partial charge is 0.246 e. The van der Waals surface area contributed by atoms with Crippen LogP contribution in [0.5, 0.6) is 0 Å². The third-order valence-electron chi connectivity index (χ3n) is 3.41. The lowest BCUT2D eigenvalue weighted by atomic mass is 10.1. The molecule has 102 valence electrons. The van der Waals surface area contributed by atoms with Crippen LogP contribution in [-0.2, 0) is 0 Å². The molecule has 0 amide bonds. The van der Waals surface area contributed by atoms with Gasteiger partial charge in [-0.25, -0.2) is 9.37 Å². The average molecular weight is 314 g/mol. The third kappa shape index (κ3) is 2.09. The summed E-state index contributed by atoms with van der Waals surface area (Å²) in [5, 5.41) is 1.59. The molecule has 0 saturated carbocycles. The molecular weight excluding hydrogens is 305 g/mol. The van der Waals surface area contributed by atoms with Crippen LogP contribution in [0.3, 0.4) is 0 Å². The summed E-state index contributed by atoms with van der Waals surface area (Å²) in [7, 11) is 0. The second-order valence-electron chi connectivity index (χ2n) is 4.78. The van der Waals surface area contributed by atoms with E-state index in [4.69, 9.17) is 16.6 Å². The molecule has 0 spiro atoms. The average Bonchev–Trinajstić information content (AvgIpc) is 2.86. The third-order valence-corrected chi connectivity index (χ3v) is 4.99. The fraction of sp³-hybridized carbons (Fsp3) is 0. The van der Waals surface area contributed by atoms with Crippen molar-refractivity contribution in [2.75, 3.05) is 0 Å². The van der Waals surface area contributed by atoms with Gasteiger partial charge in [-0.1, -0.05) is 41.9 Å². The van der Waals surface area contributed by atoms with Crippen molar-refractivity contribution >= 4 is 43.2 Å². The van der Waals surface area contributed by atoms with Crippen LogP contribution in [0.2, 0.25) is 5.02 Å². The zero-order chi connectivity index (χ0) is 14.4. The monoisotopic (exact) mass is 313 g/mol. The number of halogens is 2. The normalized spacial score (nSPS) is 11.3. The number of benzene rings is 2. The molecule has 21 heavy (non-hydrogen) atoms. The highest BCUT2D eigenvalue weighted by Crippen LogP contribution is 2.38. The quantitative estimate of drug-likeness (QED) is 0.426. The fourth-order valence-electron chi connectivity index (χ4n) is 2.42. The standard InChI is InChI=1S/C17H9ClFNS/c18-13-9-14(10-4-2-1-3-5-10)20-16-12-7-6-11(19)8-15(12)21-17(13)16/h1-9H. The predicted molar refractivity (Wildman–Crippen MR) is 87.5 cm³/mol. The van der Waals surface area contributed by atoms with Gasteiger partial charge in [0.15, 0.2) is 0 Å². The summed E-state index contributed by atoms with van der Waals surface area (Å²) in [5.74, 6) is -0.242. The summed E-state index contributed by atoms with van der Waals surface area (Å²) >= 11 is 7.87. The number of hydrogen-bond donors (Lipinski definition) is 0. The molecule has 0 bridgehead atoms. The Hall–Kier alpha value is -1.97. The van der Waals surface area contributed by atoms with Crippen LogP contribution in [0.4, 0.5) is 4.39 Å². The van der Waals surface area contributed by atoms with Gasteiger partial charge in [-0.2, -0.15) is 0 Å². The van der Waals surface area contributed by atoms with Crippen LogP contribution < -0.4 is 0 Å². The zero-order valence-electron chi connectivity index (χ0n) is 10.8. The Bertz CT molecular complexity index is 963. The zero-order valence-corrected chi connectivity index (χ0v) is 12.4. The van der Waals surface area contributed by atoms with Gasteiger partial charge in [-0.15, -0.1) is 11.3 Å². The van der Waals surface area contributed by atoms with Crippen molar-refractivity contribution in [2.24, 2.45) is 0 Å². The van der Waals surface area contributed by atoms with E-state index in [1.807, 2.05) is 36.4 Å². The molecule has 0 aliphatic heterocycles. The summed E-state index contributed by atoms with van der Waals surface area (Å²) in [6.07, 6.45) is 0. The molecule has 4 rings (SSSR count). The first-order valence-corrected chi connectivity index (χ1v) is 7.65. The van der Waals surface area contributed by atoms with Crippen LogP contribution in [-0.4, -0.2) is 4.98 Å². The van der Waals surface area contributed by atoms with E-state index in [9.17, 15) is 4.39 Å². The smallest absolute Gasteiger partial charge is 0.124 e. The number of pyridine rings is 1. The van der Waals surface area contributed by atoms with Gasteiger partial charge in [-0.3, -0.25) is 0 Å². The number of fused-ring (bicyclic) bond motifs is 3. The minimum Gasteiger partial charge on any atom is -0.246 e. The van der Waals surface area contributed by atoms with Crippen molar-refractivity contribution in [3.63, 3.8) is 0 Å². The Morgan fingerprint density at radius 3 is 2.62 bits per heavy atom. The number of aromatic nitrogens is 1. The van der Waals surface area contributed by atoms with Crippen molar-refractivity contribution in [1.82, 2.24) is 4.98 Å². The molecular formula is C17H9ClFNS. The Morgan fingerprint density at radius 2 is 1.81 bits per heavy atom. The molecule has 0 N–H and O–H groups in total. The highest BCUT2D eigenvalue weighted by atomic mass is 35.5. The number of nitrogens with zero attached hydrogens (tertiary/aromatic N) is 1. The van der Waals surface area contributed by atoms with Gasteiger partial charge in [0.2, 0.25) is 0 Å². The van der Waals surface area contributed by atoms with Crippen LogP contribution in [0.25, 0.3) is 31.6 Å². The molecule has 2 aromatic carbocycles. The van der Waals surface area contributed by atoms with E-state index in [1.165, 1.54) is 23.5 Å². The van der Waals surface area contributed by atoms with Gasteiger partial charge in [-0.05, 0) is 24.3 Å². The summed E-state index contributed by atoms with van der Waals surface area (Å²) < 4.78 is 15.1. The van der Waals surface area contributed by atoms with Crippen LogP contribution in [0, 0.1) is 5.82 Å². The van der Waals surface area contributed by atoms with E-state index in [0.717, 1.165) is 31.6 Å². The molecule has 1 nitrogen and oxygen atoms in total. The van der Waals surface area contributed by atoms with E-state index in [-0.39, 0.29) is 5.82 Å². The molecule has 0 aliphatic rings. The van der Waals surface area contributed by atoms with Crippen molar-refractivity contribution in [1.29, 1.82) is 0 Å². The second kappa shape index (κ2) is 4.79. The molecule has 0 saturated heterocycles. The van der Waals surface area contributed by atoms with Crippen LogP contribution >= 0.6 is 22.9 Å². The van der Waals surface area contributed by atoms with E-state index in [0.29, 0.717) is 5.02 Å². The first-order chi connectivity index (χ1) is 10.2. The molecule has 4 aromatic rings. The van der Waals surface area contributed by atoms with Gasteiger partial charge >= 0.3 is 0 Å². The van der Waals surface area contributed by atoms with E-state index in [2.05, 4.69) is 0 Å². The van der Waals surface area contributed by atoms with Gasteiger partial charge in [0.25, 0.3) is 0 Å². The van der Waals surface area contributed by atoms with Crippen molar-refractivity contribution in [2.45, 2.75) is 0 Å². The van der Waals surface area contributed by atoms with Crippen molar-refractivity contribution in [3.05, 3.63) is 65.4 Å². The Balaban J connectivity index is 2.07. The Morgan fingerprint density at radius 1 is 1.00 bits per heavy atom. The lowest BCUT2D eigenvalue weighted by Crippen LogP contribution is -1.84. The van der Waals surface area contributed by atoms with Gasteiger partial charge in [0.1, 0.15) is 5.82 Å². The topological polar surface area (TPSA) is 12.9 Å². The highest BCUT2D eigenvalue weighted by molar-refractivity contribution is 7.26. The molecule has 0 aliphatic carbocycles. The summed E-state index contributed by atoms with van der Waals surface area (Å²) in [5.41, 5.74) is 2.68. The van der Waals surface area contributed by atoms with Crippen LogP contribution in [0.1, 0.15) is 0 Å². The predicted octanol–water partition coefficient (Wildman–Crippen LogP) is 5.91. The molecule has 2 aromatic heterocycles. The van der Waals surface area contributed by atoms with Gasteiger partial charge < -0.3 is 0 Å². The summed E-state index contributed by atoms with van der Waals surface area (Å²) in [4.78, 5) is 4.73. The maximum absolute atomic E-state index is 13.4. The molecule has 0 unspecified atom stereocenters. The SMILES string of the molecule is Fc1ccc2c(c1)sc1c(Cl)cc(-c3ccccc3)nc12. The van der Waals surface area contributed by atoms with Crippen molar-refractivity contribution in [3.8, 4) is 11.3 Å². The maximum Gasteiger partial charge on any atom is 0.124 e. The van der Waals surface area contributed by atoms with Gasteiger partial charge in [0.05, 0.1) is 20.9 Å². The molecule has 0 atom stereocenters. The summed E-state index contributed by atoms with van der Waals surface area (Å²) in [6.45, 7) is 0. The minimum atomic E-state index is -0.242. The van der Waals surface area contributed by atoms with Gasteiger partial charge in [0, 0.05) is 15.6 Å². The van der Waals surface area contributed by atoms with E-state index in [1.54, 1.807) is 6.07 Å². The fourth-order valence-corrected chi connectivity index (χ4v) is 3.81. The number of thiophene rings is 1. The molecule has 0 fully saturated rings. The summed E-state index contributed by atoms with van der Waals surface area (Å²) in [6, 6.07) is 16.5. The molecule has 4 heteroatoms. The number of rotatable bonds is 1. The van der Waals surface area contributed by atoms with Crippen molar-refractivity contribution < 1.29 is 4.39 Å². The Labute approximate surface area is 129 Å². The first-order valence-electron chi connectivity index (χ1n) is 6.46. The first kappa shape index (κ1) is 12.7. The highest BCUT2D eigenvalue weighted by Gasteiger charge is 2.12. The molecule has 0 radical (unpaired) electrons.